The molecule has 2 aliphatic carbocycles. The summed E-state index contributed by atoms with van der Waals surface area (Å²) in [5.74, 6) is 4.18. The Balaban J connectivity index is 1.58. The van der Waals surface area contributed by atoms with Crippen molar-refractivity contribution in [3.05, 3.63) is 0 Å². The van der Waals surface area contributed by atoms with Gasteiger partial charge in [-0.2, -0.15) is 0 Å². The van der Waals surface area contributed by atoms with Gasteiger partial charge in [0.2, 0.25) is 0 Å². The van der Waals surface area contributed by atoms with E-state index >= 15 is 0 Å². The highest BCUT2D eigenvalue weighted by atomic mass is 14.5. The maximum absolute atomic E-state index is 2.46. The Labute approximate surface area is 102 Å². The summed E-state index contributed by atoms with van der Waals surface area (Å²) in [6.07, 6.45) is 10.4. The van der Waals surface area contributed by atoms with Crippen molar-refractivity contribution in [1.82, 2.24) is 0 Å². The van der Waals surface area contributed by atoms with Crippen LogP contribution in [0.2, 0.25) is 0 Å². The summed E-state index contributed by atoms with van der Waals surface area (Å²) in [5.41, 5.74) is 0.801. The van der Waals surface area contributed by atoms with Crippen LogP contribution in [0.3, 0.4) is 0 Å². The first-order valence-corrected chi connectivity index (χ1v) is 7.60. The van der Waals surface area contributed by atoms with Crippen molar-refractivity contribution in [2.24, 2.45) is 29.1 Å². The third-order valence-electron chi connectivity index (χ3n) is 5.85. The fourth-order valence-electron chi connectivity index (χ4n) is 4.02. The average Bonchev–Trinajstić information content (AvgIpc) is 3.05. The van der Waals surface area contributed by atoms with Crippen LogP contribution in [-0.2, 0) is 0 Å². The van der Waals surface area contributed by atoms with E-state index in [-0.39, 0.29) is 0 Å². The summed E-state index contributed by atoms with van der Waals surface area (Å²) in [4.78, 5) is 0. The highest BCUT2D eigenvalue weighted by molar-refractivity contribution is 4.99. The SMILES string of the molecule is CCCC1(CCCCC2C(C)C2C)CC1C. The molecule has 0 spiro atoms. The van der Waals surface area contributed by atoms with E-state index in [2.05, 4.69) is 27.7 Å². The Bertz CT molecular complexity index is 224. The molecule has 0 N–H and O–H groups in total. The molecule has 2 saturated carbocycles. The second-order valence-corrected chi connectivity index (χ2v) is 6.85. The lowest BCUT2D eigenvalue weighted by Crippen LogP contribution is -2.02. The van der Waals surface area contributed by atoms with Crippen LogP contribution >= 0.6 is 0 Å². The molecule has 0 radical (unpaired) electrons. The largest absolute Gasteiger partial charge is 0.0654 e. The van der Waals surface area contributed by atoms with Gasteiger partial charge in [0, 0.05) is 0 Å². The van der Waals surface area contributed by atoms with E-state index in [0.29, 0.717) is 0 Å². The summed E-state index contributed by atoms with van der Waals surface area (Å²) in [7, 11) is 0. The summed E-state index contributed by atoms with van der Waals surface area (Å²) in [6, 6.07) is 0. The van der Waals surface area contributed by atoms with Crippen LogP contribution in [0.15, 0.2) is 0 Å². The minimum Gasteiger partial charge on any atom is -0.0654 e. The standard InChI is InChI=1S/C16H30/c1-5-9-16(11-12(16)2)10-7-6-8-15-13(3)14(15)4/h12-15H,5-11H2,1-4H3. The molecule has 4 unspecified atom stereocenters. The first-order valence-electron chi connectivity index (χ1n) is 7.60. The molecule has 16 heavy (non-hydrogen) atoms. The number of unbranched alkanes of at least 4 members (excludes halogenated alkanes) is 1. The summed E-state index contributed by atoms with van der Waals surface area (Å²) in [5, 5.41) is 0. The van der Waals surface area contributed by atoms with Gasteiger partial charge in [-0.3, -0.25) is 0 Å². The van der Waals surface area contributed by atoms with Gasteiger partial charge < -0.3 is 0 Å². The third kappa shape index (κ3) is 2.46. The van der Waals surface area contributed by atoms with Gasteiger partial charge in [0.05, 0.1) is 0 Å². The molecule has 0 amide bonds. The van der Waals surface area contributed by atoms with Gasteiger partial charge in [0.15, 0.2) is 0 Å². The lowest BCUT2D eigenvalue weighted by molar-refractivity contribution is 0.368. The highest BCUT2D eigenvalue weighted by Gasteiger charge is 2.49. The first-order chi connectivity index (χ1) is 7.60. The summed E-state index contributed by atoms with van der Waals surface area (Å²) >= 11 is 0. The first kappa shape index (κ1) is 12.5. The summed E-state index contributed by atoms with van der Waals surface area (Å²) < 4.78 is 0. The quantitative estimate of drug-likeness (QED) is 0.514. The Kier molecular flexibility index (Phi) is 3.66. The molecule has 0 bridgehead atoms. The van der Waals surface area contributed by atoms with E-state index in [1.165, 1.54) is 44.9 Å². The predicted octanol–water partition coefficient (Wildman–Crippen LogP) is 5.28. The predicted molar refractivity (Wildman–Crippen MR) is 71.4 cm³/mol. The number of hydrogen-bond acceptors (Lipinski definition) is 0. The zero-order valence-corrected chi connectivity index (χ0v) is 11.8. The Morgan fingerprint density at radius 2 is 1.62 bits per heavy atom. The van der Waals surface area contributed by atoms with Gasteiger partial charge >= 0.3 is 0 Å². The van der Waals surface area contributed by atoms with Crippen LogP contribution in [0.1, 0.15) is 72.6 Å². The molecule has 94 valence electrons. The Morgan fingerprint density at radius 3 is 2.06 bits per heavy atom. The lowest BCUT2D eigenvalue weighted by atomic mass is 9.91. The van der Waals surface area contributed by atoms with E-state index < -0.39 is 0 Å². The third-order valence-corrected chi connectivity index (χ3v) is 5.85. The highest BCUT2D eigenvalue weighted by Crippen LogP contribution is 2.59. The number of rotatable bonds is 7. The lowest BCUT2D eigenvalue weighted by Gasteiger charge is -2.15. The monoisotopic (exact) mass is 222 g/mol. The van der Waals surface area contributed by atoms with Crippen molar-refractivity contribution in [3.63, 3.8) is 0 Å². The Hall–Kier alpha value is 0. The molecule has 0 heterocycles. The van der Waals surface area contributed by atoms with E-state index in [9.17, 15) is 0 Å². The second kappa shape index (κ2) is 4.70. The van der Waals surface area contributed by atoms with Gasteiger partial charge in [-0.15, -0.1) is 0 Å². The van der Waals surface area contributed by atoms with E-state index in [1.54, 1.807) is 0 Å². The van der Waals surface area contributed by atoms with Gasteiger partial charge in [0.25, 0.3) is 0 Å². The van der Waals surface area contributed by atoms with Crippen molar-refractivity contribution < 1.29 is 0 Å². The van der Waals surface area contributed by atoms with Gasteiger partial charge in [-0.25, -0.2) is 0 Å². The van der Waals surface area contributed by atoms with Crippen LogP contribution in [-0.4, -0.2) is 0 Å². The van der Waals surface area contributed by atoms with Gasteiger partial charge in [-0.05, 0) is 54.8 Å². The maximum Gasteiger partial charge on any atom is -0.0269 e. The molecule has 0 aromatic carbocycles. The Morgan fingerprint density at radius 1 is 1.00 bits per heavy atom. The van der Waals surface area contributed by atoms with Gasteiger partial charge in [-0.1, -0.05) is 47.0 Å². The minimum absolute atomic E-state index is 0.801. The molecular formula is C16H30. The zero-order chi connectivity index (χ0) is 11.8. The van der Waals surface area contributed by atoms with Crippen molar-refractivity contribution >= 4 is 0 Å². The van der Waals surface area contributed by atoms with E-state index in [4.69, 9.17) is 0 Å². The van der Waals surface area contributed by atoms with Crippen LogP contribution in [0.4, 0.5) is 0 Å². The molecule has 0 aromatic heterocycles. The molecule has 2 fully saturated rings. The maximum atomic E-state index is 2.46. The fraction of sp³-hybridized carbons (Fsp3) is 1.00. The zero-order valence-electron chi connectivity index (χ0n) is 11.8. The number of hydrogen-bond donors (Lipinski definition) is 0. The smallest absolute Gasteiger partial charge is 0.0269 e. The molecule has 0 aliphatic heterocycles. The molecule has 0 nitrogen and oxygen atoms in total. The van der Waals surface area contributed by atoms with Crippen molar-refractivity contribution in [2.75, 3.05) is 0 Å². The average molecular weight is 222 g/mol. The van der Waals surface area contributed by atoms with Crippen molar-refractivity contribution in [3.8, 4) is 0 Å². The molecule has 0 aromatic rings. The van der Waals surface area contributed by atoms with Crippen molar-refractivity contribution in [2.45, 2.75) is 72.6 Å². The van der Waals surface area contributed by atoms with Crippen LogP contribution in [0, 0.1) is 29.1 Å². The molecular weight excluding hydrogens is 192 g/mol. The molecule has 4 atom stereocenters. The molecule has 2 aliphatic rings. The topological polar surface area (TPSA) is 0 Å². The van der Waals surface area contributed by atoms with Crippen LogP contribution in [0.25, 0.3) is 0 Å². The normalized spacial score (nSPS) is 45.8. The summed E-state index contributed by atoms with van der Waals surface area (Å²) in [6.45, 7) is 9.66. The van der Waals surface area contributed by atoms with Crippen LogP contribution in [0.5, 0.6) is 0 Å². The van der Waals surface area contributed by atoms with Crippen molar-refractivity contribution in [1.29, 1.82) is 0 Å². The van der Waals surface area contributed by atoms with Gasteiger partial charge in [0.1, 0.15) is 0 Å². The molecule has 0 saturated heterocycles. The second-order valence-electron chi connectivity index (χ2n) is 6.85. The minimum atomic E-state index is 0.801. The van der Waals surface area contributed by atoms with E-state index in [0.717, 1.165) is 29.1 Å². The fourth-order valence-corrected chi connectivity index (χ4v) is 4.02. The van der Waals surface area contributed by atoms with Crippen LogP contribution < -0.4 is 0 Å². The molecule has 2 rings (SSSR count). The molecule has 0 heteroatoms. The van der Waals surface area contributed by atoms with E-state index in [1.807, 2.05) is 0 Å².